The Kier molecular flexibility index (Phi) is 3.99. The molecule has 5 heteroatoms. The first-order valence-electron chi connectivity index (χ1n) is 6.44. The minimum atomic E-state index is -0.642. The lowest BCUT2D eigenvalue weighted by molar-refractivity contribution is 0.00973. The smallest absolute Gasteiger partial charge is 0.237 e. The predicted molar refractivity (Wildman–Crippen MR) is 73.5 cm³/mol. The van der Waals surface area contributed by atoms with Gasteiger partial charge >= 0.3 is 0 Å². The highest BCUT2D eigenvalue weighted by molar-refractivity contribution is 6.00. The van der Waals surface area contributed by atoms with Crippen LogP contribution in [-0.2, 0) is 10.3 Å². The fourth-order valence-electron chi connectivity index (χ4n) is 1.71. The molecule has 2 rings (SSSR count). The van der Waals surface area contributed by atoms with Gasteiger partial charge in [0.25, 0.3) is 0 Å². The van der Waals surface area contributed by atoms with Gasteiger partial charge in [-0.2, -0.15) is 4.98 Å². The lowest BCUT2D eigenvalue weighted by Crippen LogP contribution is -2.21. The SMILES string of the molecule is COC(C)(C)c1noc(C(C)C(=O)c2ccccc2)n1. The average Bonchev–Trinajstić information content (AvgIpc) is 2.97. The van der Waals surface area contributed by atoms with Gasteiger partial charge in [0.05, 0.1) is 5.92 Å². The molecule has 0 aliphatic carbocycles. The molecular weight excluding hydrogens is 256 g/mol. The molecule has 1 aromatic heterocycles. The fraction of sp³-hybridized carbons (Fsp3) is 0.400. The summed E-state index contributed by atoms with van der Waals surface area (Å²) in [6, 6.07) is 9.07. The molecule has 0 fully saturated rings. The van der Waals surface area contributed by atoms with E-state index in [1.807, 2.05) is 32.0 Å². The van der Waals surface area contributed by atoms with Gasteiger partial charge in [-0.1, -0.05) is 35.5 Å². The van der Waals surface area contributed by atoms with E-state index in [1.165, 1.54) is 0 Å². The number of carbonyl (C=O) groups is 1. The second kappa shape index (κ2) is 5.54. The molecule has 1 atom stereocenters. The zero-order chi connectivity index (χ0) is 14.8. The van der Waals surface area contributed by atoms with Crippen molar-refractivity contribution in [2.75, 3.05) is 7.11 Å². The van der Waals surface area contributed by atoms with E-state index in [9.17, 15) is 4.79 Å². The van der Waals surface area contributed by atoms with E-state index in [0.29, 0.717) is 17.3 Å². The van der Waals surface area contributed by atoms with Crippen molar-refractivity contribution in [1.29, 1.82) is 0 Å². The topological polar surface area (TPSA) is 65.2 Å². The van der Waals surface area contributed by atoms with Crippen molar-refractivity contribution < 1.29 is 14.1 Å². The van der Waals surface area contributed by atoms with Crippen LogP contribution in [0.2, 0.25) is 0 Å². The number of nitrogens with zero attached hydrogens (tertiary/aromatic N) is 2. The van der Waals surface area contributed by atoms with Gasteiger partial charge in [-0.3, -0.25) is 4.79 Å². The molecule has 0 aliphatic rings. The molecule has 1 heterocycles. The van der Waals surface area contributed by atoms with Crippen LogP contribution in [0, 0.1) is 0 Å². The van der Waals surface area contributed by atoms with Crippen LogP contribution in [0.1, 0.15) is 48.8 Å². The molecular formula is C15H18N2O3. The van der Waals surface area contributed by atoms with E-state index in [4.69, 9.17) is 9.26 Å². The molecule has 0 bridgehead atoms. The monoisotopic (exact) mass is 274 g/mol. The minimum absolute atomic E-state index is 0.0453. The zero-order valence-electron chi connectivity index (χ0n) is 12.1. The largest absolute Gasteiger partial charge is 0.371 e. The third-order valence-corrected chi connectivity index (χ3v) is 3.31. The van der Waals surface area contributed by atoms with E-state index in [0.717, 1.165) is 0 Å². The summed E-state index contributed by atoms with van der Waals surface area (Å²) in [5.74, 6) is 0.212. The van der Waals surface area contributed by atoms with E-state index in [2.05, 4.69) is 10.1 Å². The van der Waals surface area contributed by atoms with Gasteiger partial charge in [0, 0.05) is 12.7 Å². The summed E-state index contributed by atoms with van der Waals surface area (Å²) in [5, 5.41) is 3.89. The molecule has 0 spiro atoms. The number of methoxy groups -OCH3 is 1. The van der Waals surface area contributed by atoms with E-state index >= 15 is 0 Å². The Morgan fingerprint density at radius 2 is 1.95 bits per heavy atom. The van der Waals surface area contributed by atoms with Crippen molar-refractivity contribution >= 4 is 5.78 Å². The van der Waals surface area contributed by atoms with Gasteiger partial charge in [-0.25, -0.2) is 0 Å². The molecule has 5 nitrogen and oxygen atoms in total. The molecule has 2 aromatic rings. The van der Waals surface area contributed by atoms with Gasteiger partial charge in [-0.15, -0.1) is 0 Å². The van der Waals surface area contributed by atoms with Crippen molar-refractivity contribution in [3.63, 3.8) is 0 Å². The molecule has 0 amide bonds. The molecule has 1 unspecified atom stereocenters. The summed E-state index contributed by atoms with van der Waals surface area (Å²) in [4.78, 5) is 16.6. The number of Topliss-reactive ketones (excluding diaryl/α,β-unsaturated/α-hetero) is 1. The number of benzene rings is 1. The van der Waals surface area contributed by atoms with Gasteiger partial charge in [-0.05, 0) is 20.8 Å². The van der Waals surface area contributed by atoms with E-state index in [1.54, 1.807) is 26.2 Å². The van der Waals surface area contributed by atoms with Crippen LogP contribution >= 0.6 is 0 Å². The first-order valence-corrected chi connectivity index (χ1v) is 6.44. The van der Waals surface area contributed by atoms with Gasteiger partial charge < -0.3 is 9.26 Å². The van der Waals surface area contributed by atoms with Crippen LogP contribution in [0.15, 0.2) is 34.9 Å². The summed E-state index contributed by atoms with van der Waals surface area (Å²) < 4.78 is 10.5. The van der Waals surface area contributed by atoms with Crippen molar-refractivity contribution in [2.45, 2.75) is 32.3 Å². The lowest BCUT2D eigenvalue weighted by atomic mass is 9.99. The van der Waals surface area contributed by atoms with E-state index in [-0.39, 0.29) is 5.78 Å². The Morgan fingerprint density at radius 3 is 2.55 bits per heavy atom. The summed E-state index contributed by atoms with van der Waals surface area (Å²) in [6.45, 7) is 5.43. The lowest BCUT2D eigenvalue weighted by Gasteiger charge is -2.17. The van der Waals surface area contributed by atoms with Crippen LogP contribution in [0.25, 0.3) is 0 Å². The maximum absolute atomic E-state index is 12.3. The van der Waals surface area contributed by atoms with Crippen LogP contribution < -0.4 is 0 Å². The second-order valence-corrected chi connectivity index (χ2v) is 5.12. The summed E-state index contributed by atoms with van der Waals surface area (Å²) in [5.41, 5.74) is -0.0113. The van der Waals surface area contributed by atoms with E-state index < -0.39 is 11.5 Å². The fourth-order valence-corrected chi connectivity index (χ4v) is 1.71. The predicted octanol–water partition coefficient (Wildman–Crippen LogP) is 2.94. The second-order valence-electron chi connectivity index (χ2n) is 5.12. The average molecular weight is 274 g/mol. The normalized spacial score (nSPS) is 13.2. The Morgan fingerprint density at radius 1 is 1.30 bits per heavy atom. The Bertz CT molecular complexity index is 590. The Labute approximate surface area is 118 Å². The minimum Gasteiger partial charge on any atom is -0.371 e. The quantitative estimate of drug-likeness (QED) is 0.784. The molecule has 0 aliphatic heterocycles. The summed E-state index contributed by atoms with van der Waals surface area (Å²) in [7, 11) is 1.58. The zero-order valence-corrected chi connectivity index (χ0v) is 12.1. The van der Waals surface area contributed by atoms with Gasteiger partial charge in [0.2, 0.25) is 11.7 Å². The van der Waals surface area contributed by atoms with Crippen molar-refractivity contribution in [3.8, 4) is 0 Å². The molecule has 1 aromatic carbocycles. The molecule has 0 N–H and O–H groups in total. The molecule has 0 saturated heterocycles. The number of hydrogen-bond donors (Lipinski definition) is 0. The number of rotatable bonds is 5. The first kappa shape index (κ1) is 14.4. The van der Waals surface area contributed by atoms with Crippen LogP contribution in [-0.4, -0.2) is 23.0 Å². The maximum Gasteiger partial charge on any atom is 0.237 e. The Hall–Kier alpha value is -2.01. The first-order chi connectivity index (χ1) is 9.45. The van der Waals surface area contributed by atoms with Crippen molar-refractivity contribution in [1.82, 2.24) is 10.1 Å². The molecule has 106 valence electrons. The maximum atomic E-state index is 12.3. The highest BCUT2D eigenvalue weighted by Crippen LogP contribution is 2.24. The number of ether oxygens (including phenoxy) is 1. The number of aromatic nitrogens is 2. The number of ketones is 1. The van der Waals surface area contributed by atoms with Crippen LogP contribution in [0.3, 0.4) is 0 Å². The van der Waals surface area contributed by atoms with Crippen molar-refractivity contribution in [3.05, 3.63) is 47.6 Å². The Balaban J connectivity index is 2.22. The third kappa shape index (κ3) is 2.77. The van der Waals surface area contributed by atoms with Crippen LogP contribution in [0.4, 0.5) is 0 Å². The molecule has 0 saturated carbocycles. The standard InChI is InChI=1S/C15H18N2O3/c1-10(12(18)11-8-6-5-7-9-11)13-16-14(17-20-13)15(2,3)19-4/h5-10H,1-4H3. The molecule has 0 radical (unpaired) electrons. The third-order valence-electron chi connectivity index (χ3n) is 3.31. The van der Waals surface area contributed by atoms with Gasteiger partial charge in [0.1, 0.15) is 5.60 Å². The highest BCUT2D eigenvalue weighted by Gasteiger charge is 2.29. The summed E-state index contributed by atoms with van der Waals surface area (Å²) in [6.07, 6.45) is 0. The highest BCUT2D eigenvalue weighted by atomic mass is 16.5. The molecule has 20 heavy (non-hydrogen) atoms. The summed E-state index contributed by atoms with van der Waals surface area (Å²) >= 11 is 0. The number of hydrogen-bond acceptors (Lipinski definition) is 5. The van der Waals surface area contributed by atoms with Crippen molar-refractivity contribution in [2.24, 2.45) is 0 Å². The van der Waals surface area contributed by atoms with Crippen LogP contribution in [0.5, 0.6) is 0 Å². The van der Waals surface area contributed by atoms with Gasteiger partial charge in [0.15, 0.2) is 5.78 Å². The number of carbonyl (C=O) groups excluding carboxylic acids is 1.